The minimum Gasteiger partial charge on any atom is -0.293 e. The summed E-state index contributed by atoms with van der Waals surface area (Å²) in [7, 11) is 0. The lowest BCUT2D eigenvalue weighted by Gasteiger charge is -1.97. The van der Waals surface area contributed by atoms with Crippen LogP contribution in [0.3, 0.4) is 0 Å². The summed E-state index contributed by atoms with van der Waals surface area (Å²) in [5, 5.41) is 7.62. The number of aryl methyl sites for hydroxylation is 2. The van der Waals surface area contributed by atoms with E-state index >= 15 is 0 Å². The summed E-state index contributed by atoms with van der Waals surface area (Å²) in [6, 6.07) is 1.96. The third kappa shape index (κ3) is 2.69. The van der Waals surface area contributed by atoms with Crippen molar-refractivity contribution in [2.45, 2.75) is 18.2 Å². The van der Waals surface area contributed by atoms with Crippen LogP contribution < -0.4 is 0 Å². The minimum absolute atomic E-state index is 0.169. The quantitative estimate of drug-likeness (QED) is 0.632. The highest BCUT2D eigenvalue weighted by Gasteiger charge is 2.12. The summed E-state index contributed by atoms with van der Waals surface area (Å²) in [4.78, 5) is 14.2. The minimum atomic E-state index is 0.169. The van der Waals surface area contributed by atoms with Crippen molar-refractivity contribution in [3.05, 3.63) is 26.9 Å². The Bertz CT molecular complexity index is 490. The molecule has 0 spiro atoms. The number of hydrogen-bond donors (Lipinski definition) is 0. The molecule has 0 bridgehead atoms. The molecule has 2 aromatic rings. The van der Waals surface area contributed by atoms with E-state index in [0.29, 0.717) is 5.75 Å². The fraction of sp³-hybridized carbons (Fsp3) is 0.300. The molecule has 0 saturated carbocycles. The Balaban J connectivity index is 2.01. The summed E-state index contributed by atoms with van der Waals surface area (Å²) in [5.74, 6) is 0.605. The normalized spacial score (nSPS) is 10.6. The first-order valence-electron chi connectivity index (χ1n) is 4.66. The lowest BCUT2D eigenvalue weighted by molar-refractivity contribution is 0.102. The van der Waals surface area contributed by atoms with Gasteiger partial charge in [-0.3, -0.25) is 4.79 Å². The van der Waals surface area contributed by atoms with Crippen LogP contribution in [0.5, 0.6) is 0 Å². The molecule has 3 nitrogen and oxygen atoms in total. The molecule has 16 heavy (non-hydrogen) atoms. The van der Waals surface area contributed by atoms with E-state index in [1.54, 1.807) is 16.8 Å². The maximum absolute atomic E-state index is 11.9. The molecule has 2 rings (SSSR count). The van der Waals surface area contributed by atoms with Crippen molar-refractivity contribution in [2.75, 3.05) is 5.75 Å². The van der Waals surface area contributed by atoms with Crippen molar-refractivity contribution in [2.24, 2.45) is 0 Å². The molecule has 0 atom stereocenters. The second-order valence-corrected chi connectivity index (χ2v) is 6.76. The molecule has 0 radical (unpaired) electrons. The van der Waals surface area contributed by atoms with Crippen molar-refractivity contribution in [3.63, 3.8) is 0 Å². The molecule has 0 saturated heterocycles. The van der Waals surface area contributed by atoms with Gasteiger partial charge in [-0.15, -0.1) is 21.5 Å². The van der Waals surface area contributed by atoms with Crippen molar-refractivity contribution in [1.82, 2.24) is 10.2 Å². The van der Waals surface area contributed by atoms with E-state index in [1.807, 2.05) is 19.9 Å². The number of rotatable bonds is 4. The Labute approximate surface area is 106 Å². The molecule has 84 valence electrons. The molecule has 0 amide bonds. The number of carbonyl (C=O) groups is 1. The van der Waals surface area contributed by atoms with Gasteiger partial charge in [0.05, 0.1) is 5.75 Å². The predicted molar refractivity (Wildman–Crippen MR) is 68.8 cm³/mol. The van der Waals surface area contributed by atoms with Crippen LogP contribution in [0.1, 0.15) is 20.1 Å². The Hall–Kier alpha value is -0.720. The molecular weight excluding hydrogens is 260 g/mol. The third-order valence-corrected chi connectivity index (χ3v) is 4.83. The molecule has 0 N–H and O–H groups in total. The molecule has 0 aliphatic heterocycles. The number of ketones is 1. The van der Waals surface area contributed by atoms with Crippen LogP contribution in [-0.4, -0.2) is 21.7 Å². The van der Waals surface area contributed by atoms with Crippen LogP contribution in [0.4, 0.5) is 0 Å². The number of Topliss-reactive ketones (excluding diaryl/α,β-unsaturated/α-hetero) is 1. The first kappa shape index (κ1) is 11.8. The van der Waals surface area contributed by atoms with Crippen LogP contribution in [0.25, 0.3) is 0 Å². The zero-order valence-electron chi connectivity index (χ0n) is 8.89. The number of aromatic nitrogens is 2. The van der Waals surface area contributed by atoms with E-state index in [1.165, 1.54) is 28.0 Å². The first-order valence-corrected chi connectivity index (χ1v) is 7.34. The molecule has 2 heterocycles. The van der Waals surface area contributed by atoms with E-state index in [0.717, 1.165) is 14.8 Å². The number of carbonyl (C=O) groups excluding carboxylic acids is 1. The molecule has 0 aliphatic carbocycles. The van der Waals surface area contributed by atoms with Crippen LogP contribution >= 0.6 is 34.4 Å². The molecule has 0 aromatic carbocycles. The molecule has 0 unspecified atom stereocenters. The number of hydrogen-bond acceptors (Lipinski definition) is 6. The fourth-order valence-corrected chi connectivity index (χ4v) is 3.65. The Kier molecular flexibility index (Phi) is 3.73. The van der Waals surface area contributed by atoms with E-state index in [9.17, 15) is 4.79 Å². The number of nitrogens with zero attached hydrogens (tertiary/aromatic N) is 2. The van der Waals surface area contributed by atoms with E-state index in [4.69, 9.17) is 0 Å². The molecule has 0 fully saturated rings. The first-order chi connectivity index (χ1) is 7.66. The van der Waals surface area contributed by atoms with Crippen molar-refractivity contribution in [3.8, 4) is 0 Å². The predicted octanol–water partition coefficient (Wildman–Crippen LogP) is 3.19. The van der Waals surface area contributed by atoms with Crippen LogP contribution in [-0.2, 0) is 0 Å². The van der Waals surface area contributed by atoms with Crippen molar-refractivity contribution in [1.29, 1.82) is 0 Å². The highest BCUT2D eigenvalue weighted by molar-refractivity contribution is 8.01. The summed E-state index contributed by atoms with van der Waals surface area (Å²) in [6.07, 6.45) is 0. The summed E-state index contributed by atoms with van der Waals surface area (Å²) >= 11 is 4.57. The number of thioether (sulfide) groups is 1. The van der Waals surface area contributed by atoms with Gasteiger partial charge in [0.1, 0.15) is 5.51 Å². The molecular formula is C10H10N2OS3. The average Bonchev–Trinajstić information content (AvgIpc) is 2.84. The SMILES string of the molecule is Cc1cc(C(=O)CSc2nncs2)c(C)s1. The van der Waals surface area contributed by atoms with Crippen LogP contribution in [0.15, 0.2) is 15.9 Å². The Morgan fingerprint density at radius 3 is 2.88 bits per heavy atom. The second-order valence-electron chi connectivity index (χ2n) is 3.24. The standard InChI is InChI=1S/C10H10N2OS3/c1-6-3-8(7(2)16-6)9(13)4-14-10-12-11-5-15-10/h3,5H,4H2,1-2H3. The second kappa shape index (κ2) is 5.07. The summed E-state index contributed by atoms with van der Waals surface area (Å²) < 4.78 is 0.845. The maximum Gasteiger partial charge on any atom is 0.174 e. The van der Waals surface area contributed by atoms with Gasteiger partial charge in [0.25, 0.3) is 0 Å². The maximum atomic E-state index is 11.9. The van der Waals surface area contributed by atoms with Gasteiger partial charge in [-0.25, -0.2) is 0 Å². The van der Waals surface area contributed by atoms with Gasteiger partial charge in [-0.2, -0.15) is 0 Å². The van der Waals surface area contributed by atoms with Crippen LogP contribution in [0, 0.1) is 13.8 Å². The zero-order valence-corrected chi connectivity index (χ0v) is 11.3. The van der Waals surface area contributed by atoms with Gasteiger partial charge >= 0.3 is 0 Å². The monoisotopic (exact) mass is 270 g/mol. The van der Waals surface area contributed by atoms with Crippen molar-refractivity contribution >= 4 is 40.2 Å². The Morgan fingerprint density at radius 1 is 1.50 bits per heavy atom. The molecule has 6 heteroatoms. The number of thiophene rings is 1. The zero-order chi connectivity index (χ0) is 11.5. The van der Waals surface area contributed by atoms with Gasteiger partial charge in [-0.05, 0) is 19.9 Å². The lowest BCUT2D eigenvalue weighted by atomic mass is 10.2. The summed E-state index contributed by atoms with van der Waals surface area (Å²) in [6.45, 7) is 4.01. The van der Waals surface area contributed by atoms with Gasteiger partial charge < -0.3 is 0 Å². The average molecular weight is 270 g/mol. The smallest absolute Gasteiger partial charge is 0.174 e. The van der Waals surface area contributed by atoms with Gasteiger partial charge in [0.15, 0.2) is 10.1 Å². The largest absolute Gasteiger partial charge is 0.293 e. The van der Waals surface area contributed by atoms with Gasteiger partial charge in [0, 0.05) is 15.3 Å². The Morgan fingerprint density at radius 2 is 2.31 bits per heavy atom. The summed E-state index contributed by atoms with van der Waals surface area (Å²) in [5.41, 5.74) is 2.52. The molecule has 2 aromatic heterocycles. The van der Waals surface area contributed by atoms with E-state index < -0.39 is 0 Å². The van der Waals surface area contributed by atoms with Crippen molar-refractivity contribution < 1.29 is 4.79 Å². The molecule has 0 aliphatic rings. The van der Waals surface area contributed by atoms with Gasteiger partial charge in [-0.1, -0.05) is 23.1 Å². The van der Waals surface area contributed by atoms with E-state index in [-0.39, 0.29) is 5.78 Å². The lowest BCUT2D eigenvalue weighted by Crippen LogP contribution is -2.02. The highest BCUT2D eigenvalue weighted by Crippen LogP contribution is 2.24. The van der Waals surface area contributed by atoms with Gasteiger partial charge in [0.2, 0.25) is 0 Å². The third-order valence-electron chi connectivity index (χ3n) is 2.01. The fourth-order valence-electron chi connectivity index (χ4n) is 1.34. The topological polar surface area (TPSA) is 42.9 Å². The van der Waals surface area contributed by atoms with E-state index in [2.05, 4.69) is 10.2 Å². The highest BCUT2D eigenvalue weighted by atomic mass is 32.2. The van der Waals surface area contributed by atoms with Crippen LogP contribution in [0.2, 0.25) is 0 Å².